The number of aliphatic carboxylic acids is 1. The maximum Gasteiger partial charge on any atom is 0.364 e. The molecule has 7 fully saturated rings. The Kier molecular flexibility index (Phi) is 56.5. The number of amides is 4. The number of carboxylic acids is 1. The Balaban J connectivity index is 1.10. The van der Waals surface area contributed by atoms with Crippen LogP contribution in [0.1, 0.15) is 259 Å². The highest BCUT2D eigenvalue weighted by atomic mass is 16.8. The van der Waals surface area contributed by atoms with Crippen LogP contribution in [-0.4, -0.2) is 427 Å². The van der Waals surface area contributed by atoms with Gasteiger partial charge >= 0.3 is 5.97 Å². The van der Waals surface area contributed by atoms with Gasteiger partial charge in [-0.1, -0.05) is 205 Å². The van der Waals surface area contributed by atoms with Gasteiger partial charge in [-0.05, 0) is 44.9 Å². The number of hydrogen-bond acceptors (Lipinski definition) is 40. The fourth-order valence-corrected chi connectivity index (χ4v) is 18.8. The minimum Gasteiger partial charge on any atom is -0.477 e. The fraction of sp³-hybridized carbons (Fsp3) is 0.905. The van der Waals surface area contributed by atoms with Crippen LogP contribution in [0.4, 0.5) is 0 Å². The van der Waals surface area contributed by atoms with Crippen LogP contribution in [0.5, 0.6) is 0 Å². The van der Waals surface area contributed by atoms with Crippen molar-refractivity contribution >= 4 is 29.6 Å². The van der Waals surface area contributed by atoms with E-state index in [9.17, 15) is 136 Å². The van der Waals surface area contributed by atoms with Crippen LogP contribution in [0.15, 0.2) is 24.3 Å². The van der Waals surface area contributed by atoms with Crippen molar-refractivity contribution in [3.05, 3.63) is 24.3 Å². The monoisotopic (exact) mass is 2020 g/mol. The van der Waals surface area contributed by atoms with E-state index in [1.165, 1.54) is 134 Å². The highest BCUT2D eigenvalue weighted by Gasteiger charge is 2.64. The predicted octanol–water partition coefficient (Wildman–Crippen LogP) is -2.35. The predicted molar refractivity (Wildman–Crippen MR) is 492 cm³/mol. The Morgan fingerprint density at radius 1 is 0.371 bits per heavy atom. The molecule has 45 heteroatoms. The molecule has 814 valence electrons. The average Bonchev–Trinajstić information content (AvgIpc) is 0.743. The lowest BCUT2D eigenvalue weighted by Gasteiger charge is -2.53. The van der Waals surface area contributed by atoms with Gasteiger partial charge in [0.25, 0.3) is 5.79 Å². The first-order chi connectivity index (χ1) is 67.1. The van der Waals surface area contributed by atoms with Crippen LogP contribution in [0.3, 0.4) is 0 Å². The highest BCUT2D eigenvalue weighted by molar-refractivity contribution is 5.77. The van der Waals surface area contributed by atoms with Crippen LogP contribution in [0.25, 0.3) is 0 Å². The first kappa shape index (κ1) is 122. The summed E-state index contributed by atoms with van der Waals surface area (Å²) in [4.78, 5) is 67.1. The quantitative estimate of drug-likeness (QED) is 0.0224. The van der Waals surface area contributed by atoms with E-state index in [0.29, 0.717) is 12.8 Å². The second kappa shape index (κ2) is 64.6. The molecule has 7 heterocycles. The SMILES string of the molecule is CCCCCCCC/C=C\CCCCCCCCCCCCCCCC(=O)N[C@@H](CO[C@@H]1OC(CO)[C@@H](O[C@@H]2OC(CO)[C@H](O[C@@H]3OC(CO)[C@H](O)[C@H](O[C@@H]4OC(CO)[C@H](O)[C@H](O[C@@H]5OC(CO)[C@@H](O[C@@H]6OC(CO)[C@H](O)[C@H](O)C6O)[C@H](O)C5NC(C)=O)C4O)C3NC(C)=O)[C@H](O[C@]3(C(=O)O)CC(O)[C@@H](NC(C)=O)C([C@H](O)[C@H](O)CO)O3)C2O)[C@H](O)C1O)[C@H](O)/C=C/CCCCCCCCCCCCC. The number of unbranched alkanes of at least 4 members (excludes halogenated alkanes) is 30. The van der Waals surface area contributed by atoms with Gasteiger partial charge in [0, 0.05) is 33.6 Å². The molecule has 0 aromatic carbocycles. The van der Waals surface area contributed by atoms with E-state index < -0.39 is 321 Å². The smallest absolute Gasteiger partial charge is 0.364 e. The minimum atomic E-state index is -3.49. The molecule has 7 rings (SSSR count). The minimum absolute atomic E-state index is 0.0947. The molecule has 7 aliphatic heterocycles. The van der Waals surface area contributed by atoms with Crippen LogP contribution >= 0.6 is 0 Å². The summed E-state index contributed by atoms with van der Waals surface area (Å²) in [5, 5.41) is 259. The van der Waals surface area contributed by atoms with Gasteiger partial charge in [-0.25, -0.2) is 4.79 Å². The Morgan fingerprint density at radius 2 is 0.736 bits per heavy atom. The molecule has 0 aromatic rings. The zero-order valence-electron chi connectivity index (χ0n) is 81.7. The van der Waals surface area contributed by atoms with Gasteiger partial charge in [-0.2, -0.15) is 0 Å². The van der Waals surface area contributed by atoms with Crippen molar-refractivity contribution in [3.8, 4) is 0 Å². The Labute approximate surface area is 819 Å². The number of ether oxygens (including phenoxy) is 14. The maximum absolute atomic E-state index is 14.1. The van der Waals surface area contributed by atoms with E-state index in [1.807, 2.05) is 0 Å². The molecule has 0 aliphatic carbocycles. The molecule has 0 spiro atoms. The molecule has 140 heavy (non-hydrogen) atoms. The molecule has 7 saturated heterocycles. The van der Waals surface area contributed by atoms with Gasteiger partial charge in [0.1, 0.15) is 165 Å². The third-order valence-electron chi connectivity index (χ3n) is 26.9. The molecule has 0 saturated carbocycles. The van der Waals surface area contributed by atoms with Crippen LogP contribution in [-0.2, 0) is 90.3 Å². The van der Waals surface area contributed by atoms with E-state index in [-0.39, 0.29) is 6.42 Å². The van der Waals surface area contributed by atoms with Crippen LogP contribution < -0.4 is 21.3 Å². The van der Waals surface area contributed by atoms with E-state index in [0.717, 1.165) is 91.4 Å². The summed E-state index contributed by atoms with van der Waals surface area (Å²) in [7, 11) is 0. The Bertz CT molecular complexity index is 3500. The van der Waals surface area contributed by atoms with Gasteiger partial charge in [0.2, 0.25) is 23.6 Å². The third kappa shape index (κ3) is 37.0. The topological polar surface area (TPSA) is 708 Å². The number of aliphatic hydroxyl groups is 21. The molecule has 26 N–H and O–H groups in total. The van der Waals surface area contributed by atoms with E-state index in [4.69, 9.17) is 66.3 Å². The number of allylic oxidation sites excluding steroid dienone is 3. The van der Waals surface area contributed by atoms with Crippen molar-refractivity contribution in [3.63, 3.8) is 0 Å². The number of carbonyl (C=O) groups excluding carboxylic acids is 4. The standard InChI is InChI=1S/C95H168N4O41/c1-6-8-10-12-14-16-18-20-21-22-23-24-25-26-27-28-29-31-33-35-37-39-41-43-66(113)99-56(57(110)42-40-38-36-34-32-30-19-17-15-13-11-9-7-2)52-127-90-78(122)76(120)82(64(50-105)132-90)135-93-80(124)87(140-95(94(125)126)44-58(111)67(96-53(3)107)85(139-95)70(114)59(112)45-100)83(65(51-106)133-93)136-89-69(98-55(5)109)84(72(116)61(47-102)128-89)137-92-79(123)86(73(117)62(48-103)130-92)138-88-68(97-54(4)108)74(118)81(63(49-104)131-88)134-91-77(121)75(119)71(115)60(46-101)129-91/h20-21,40,42,56-65,67-93,100-106,110-112,114-124H,6-19,22-39,41,43-52H2,1-5H3,(H,96,107)(H,97,108)(H,98,109)(H,99,113)(H,125,126)/b21-20-,42-40+/t56-,57+,58?,59+,60?,61?,62?,63?,64?,65?,67+,68?,69?,70+,71-,72-,73-,74+,75-,76+,77?,78?,79?,80?,81+,82+,83-,84+,85?,86-,87+,88-,89-,90+,91-,92-,93-,95-/m0/s1. The van der Waals surface area contributed by atoms with Gasteiger partial charge in [0.05, 0.1) is 77.1 Å². The van der Waals surface area contributed by atoms with Crippen molar-refractivity contribution in [1.29, 1.82) is 0 Å². The van der Waals surface area contributed by atoms with E-state index >= 15 is 0 Å². The van der Waals surface area contributed by atoms with Gasteiger partial charge in [-0.15, -0.1) is 0 Å². The molecule has 0 aromatic heterocycles. The number of hydrogen-bond donors (Lipinski definition) is 26. The zero-order valence-corrected chi connectivity index (χ0v) is 81.7. The van der Waals surface area contributed by atoms with Crippen molar-refractivity contribution in [2.24, 2.45) is 0 Å². The lowest BCUT2D eigenvalue weighted by Crippen LogP contribution is -2.72. The molecule has 14 unspecified atom stereocenters. The van der Waals surface area contributed by atoms with Crippen molar-refractivity contribution in [1.82, 2.24) is 21.3 Å². The number of carbonyl (C=O) groups is 5. The highest BCUT2D eigenvalue weighted by Crippen LogP contribution is 2.43. The van der Waals surface area contributed by atoms with Crippen LogP contribution in [0.2, 0.25) is 0 Å². The number of nitrogens with one attached hydrogen (secondary N) is 4. The molecule has 4 amide bonds. The Morgan fingerprint density at radius 3 is 1.21 bits per heavy atom. The molecule has 45 nitrogen and oxygen atoms in total. The summed E-state index contributed by atoms with van der Waals surface area (Å²) in [5.41, 5.74) is 0. The molecule has 0 radical (unpaired) electrons. The fourth-order valence-electron chi connectivity index (χ4n) is 18.8. The second-order valence-electron chi connectivity index (χ2n) is 38.1. The summed E-state index contributed by atoms with van der Waals surface area (Å²) in [6.45, 7) is -1.43. The van der Waals surface area contributed by atoms with E-state index in [1.54, 1.807) is 6.08 Å². The maximum atomic E-state index is 14.1. The molecule has 0 bridgehead atoms. The summed E-state index contributed by atoms with van der Waals surface area (Å²) < 4.78 is 84.7. The largest absolute Gasteiger partial charge is 0.477 e. The number of aliphatic hydroxyl groups excluding tert-OH is 21. The first-order valence-corrected chi connectivity index (χ1v) is 50.8. The van der Waals surface area contributed by atoms with E-state index in [2.05, 4.69) is 47.3 Å². The van der Waals surface area contributed by atoms with Crippen LogP contribution in [0, 0.1) is 0 Å². The van der Waals surface area contributed by atoms with Crippen molar-refractivity contribution < 1.29 is 203 Å². The molecule has 7 aliphatic rings. The van der Waals surface area contributed by atoms with Gasteiger partial charge < -0.3 is 200 Å². The lowest BCUT2D eigenvalue weighted by molar-refractivity contribution is -0.404. The number of rotatable bonds is 66. The van der Waals surface area contributed by atoms with Crippen molar-refractivity contribution in [2.45, 2.75) is 492 Å². The van der Waals surface area contributed by atoms with Gasteiger partial charge in [0.15, 0.2) is 37.7 Å². The molecule has 38 atom stereocenters. The normalized spacial score (nSPS) is 35.9. The number of carboxylic acid groups (broad SMARTS) is 1. The summed E-state index contributed by atoms with van der Waals surface area (Å²) >= 11 is 0. The van der Waals surface area contributed by atoms with Gasteiger partial charge in [-0.3, -0.25) is 19.2 Å². The summed E-state index contributed by atoms with van der Waals surface area (Å²) in [6, 6.07) is -7.02. The Hall–Kier alpha value is -4.57. The summed E-state index contributed by atoms with van der Waals surface area (Å²) in [5.74, 6) is -8.99. The zero-order chi connectivity index (χ0) is 103. The average molecular weight is 2020 g/mol. The summed E-state index contributed by atoms with van der Waals surface area (Å²) in [6.07, 6.45) is -26.2. The third-order valence-corrected chi connectivity index (χ3v) is 26.9. The van der Waals surface area contributed by atoms with Crippen molar-refractivity contribution in [2.75, 3.05) is 52.9 Å². The first-order valence-electron chi connectivity index (χ1n) is 50.8. The molecular weight excluding hydrogens is 1850 g/mol. The second-order valence-corrected chi connectivity index (χ2v) is 38.1. The lowest BCUT2D eigenvalue weighted by atomic mass is 9.88. The molecular formula is C95H168N4O41.